The van der Waals surface area contributed by atoms with E-state index in [9.17, 15) is 0 Å². The standard InChI is InChI=1S/C33H24N2/c1-23-14-16-28(17-15-23)33-34-31(27-20-18-25(19-21-27)24-8-3-2-4-9-24)22-32(35-33)30-13-7-11-26-10-5-6-12-29(26)30/h2-22H,1H3. The Hall–Kier alpha value is -4.56. The lowest BCUT2D eigenvalue weighted by Gasteiger charge is -2.12. The molecule has 6 aromatic rings. The number of hydrogen-bond acceptors (Lipinski definition) is 2. The van der Waals surface area contributed by atoms with Gasteiger partial charge in [-0.2, -0.15) is 0 Å². The largest absolute Gasteiger partial charge is 0.228 e. The highest BCUT2D eigenvalue weighted by molar-refractivity contribution is 5.96. The van der Waals surface area contributed by atoms with E-state index in [1.165, 1.54) is 27.5 Å². The van der Waals surface area contributed by atoms with Gasteiger partial charge in [0, 0.05) is 16.7 Å². The van der Waals surface area contributed by atoms with Crippen LogP contribution in [0.25, 0.3) is 55.8 Å². The molecule has 166 valence electrons. The second kappa shape index (κ2) is 9.00. The highest BCUT2D eigenvalue weighted by atomic mass is 14.9. The number of fused-ring (bicyclic) bond motifs is 1. The lowest BCUT2D eigenvalue weighted by atomic mass is 9.99. The van der Waals surface area contributed by atoms with E-state index in [2.05, 4.69) is 128 Å². The Labute approximate surface area is 205 Å². The van der Waals surface area contributed by atoms with Crippen LogP contribution in [0.3, 0.4) is 0 Å². The van der Waals surface area contributed by atoms with Gasteiger partial charge >= 0.3 is 0 Å². The normalized spacial score (nSPS) is 11.0. The summed E-state index contributed by atoms with van der Waals surface area (Å²) in [4.78, 5) is 10.0. The van der Waals surface area contributed by atoms with Gasteiger partial charge in [0.2, 0.25) is 0 Å². The van der Waals surface area contributed by atoms with Gasteiger partial charge < -0.3 is 0 Å². The minimum Gasteiger partial charge on any atom is -0.228 e. The molecule has 0 amide bonds. The van der Waals surface area contributed by atoms with Crippen molar-refractivity contribution >= 4 is 10.8 Å². The van der Waals surface area contributed by atoms with Gasteiger partial charge in [0.15, 0.2) is 5.82 Å². The Morgan fingerprint density at radius 1 is 0.457 bits per heavy atom. The summed E-state index contributed by atoms with van der Waals surface area (Å²) < 4.78 is 0. The number of aryl methyl sites for hydroxylation is 1. The fourth-order valence-electron chi connectivity index (χ4n) is 4.48. The van der Waals surface area contributed by atoms with E-state index in [0.717, 1.165) is 33.9 Å². The fourth-order valence-corrected chi connectivity index (χ4v) is 4.48. The van der Waals surface area contributed by atoms with Gasteiger partial charge in [-0.3, -0.25) is 0 Å². The molecule has 2 nitrogen and oxygen atoms in total. The summed E-state index contributed by atoms with van der Waals surface area (Å²) in [5, 5.41) is 2.39. The molecule has 35 heavy (non-hydrogen) atoms. The predicted molar refractivity (Wildman–Crippen MR) is 146 cm³/mol. The number of hydrogen-bond donors (Lipinski definition) is 0. The number of benzene rings is 5. The Bertz CT molecular complexity index is 1610. The maximum absolute atomic E-state index is 5.03. The minimum absolute atomic E-state index is 0.734. The van der Waals surface area contributed by atoms with E-state index < -0.39 is 0 Å². The Balaban J connectivity index is 1.51. The summed E-state index contributed by atoms with van der Waals surface area (Å²) in [6.45, 7) is 2.09. The second-order valence-corrected chi connectivity index (χ2v) is 8.80. The maximum Gasteiger partial charge on any atom is 0.160 e. The summed E-state index contributed by atoms with van der Waals surface area (Å²) in [6, 6.07) is 44.4. The molecule has 0 bridgehead atoms. The molecule has 0 saturated carbocycles. The van der Waals surface area contributed by atoms with Crippen LogP contribution in [0.1, 0.15) is 5.56 Å². The van der Waals surface area contributed by atoms with E-state index in [1.54, 1.807) is 0 Å². The van der Waals surface area contributed by atoms with Crippen molar-refractivity contribution in [2.24, 2.45) is 0 Å². The lowest BCUT2D eigenvalue weighted by Crippen LogP contribution is -1.96. The second-order valence-electron chi connectivity index (χ2n) is 8.80. The molecule has 0 N–H and O–H groups in total. The first-order valence-electron chi connectivity index (χ1n) is 11.8. The van der Waals surface area contributed by atoms with Crippen molar-refractivity contribution in [2.45, 2.75) is 6.92 Å². The zero-order valence-corrected chi connectivity index (χ0v) is 19.5. The molecule has 0 radical (unpaired) electrons. The average molecular weight is 449 g/mol. The van der Waals surface area contributed by atoms with Gasteiger partial charge in [0.05, 0.1) is 11.4 Å². The van der Waals surface area contributed by atoms with Crippen LogP contribution in [-0.2, 0) is 0 Å². The molecule has 0 atom stereocenters. The van der Waals surface area contributed by atoms with Crippen molar-refractivity contribution in [3.05, 3.63) is 133 Å². The van der Waals surface area contributed by atoms with Crippen molar-refractivity contribution < 1.29 is 0 Å². The van der Waals surface area contributed by atoms with Crippen molar-refractivity contribution in [1.82, 2.24) is 9.97 Å². The molecule has 5 aromatic carbocycles. The molecule has 1 heterocycles. The summed E-state index contributed by atoms with van der Waals surface area (Å²) >= 11 is 0. The third kappa shape index (κ3) is 4.22. The summed E-state index contributed by atoms with van der Waals surface area (Å²) in [5.41, 5.74) is 8.65. The molecule has 0 saturated heterocycles. The van der Waals surface area contributed by atoms with Crippen LogP contribution in [-0.4, -0.2) is 9.97 Å². The lowest BCUT2D eigenvalue weighted by molar-refractivity contribution is 1.18. The van der Waals surface area contributed by atoms with Gasteiger partial charge in [-0.25, -0.2) is 9.97 Å². The van der Waals surface area contributed by atoms with Crippen LogP contribution < -0.4 is 0 Å². The number of rotatable bonds is 4. The van der Waals surface area contributed by atoms with Gasteiger partial charge in [0.1, 0.15) is 0 Å². The van der Waals surface area contributed by atoms with Crippen LogP contribution in [0.5, 0.6) is 0 Å². The van der Waals surface area contributed by atoms with E-state index in [4.69, 9.17) is 9.97 Å². The van der Waals surface area contributed by atoms with Crippen LogP contribution >= 0.6 is 0 Å². The molecule has 0 aliphatic rings. The topological polar surface area (TPSA) is 25.8 Å². The maximum atomic E-state index is 5.03. The third-order valence-corrected chi connectivity index (χ3v) is 6.39. The summed E-state index contributed by atoms with van der Waals surface area (Å²) in [5.74, 6) is 0.734. The molecular weight excluding hydrogens is 424 g/mol. The van der Waals surface area contributed by atoms with Crippen LogP contribution in [0.15, 0.2) is 127 Å². The first-order valence-corrected chi connectivity index (χ1v) is 11.8. The van der Waals surface area contributed by atoms with E-state index >= 15 is 0 Å². The first kappa shape index (κ1) is 21.0. The quantitative estimate of drug-likeness (QED) is 0.270. The van der Waals surface area contributed by atoms with E-state index in [-0.39, 0.29) is 0 Å². The molecule has 0 aliphatic carbocycles. The van der Waals surface area contributed by atoms with Crippen molar-refractivity contribution in [3.63, 3.8) is 0 Å². The molecule has 1 aromatic heterocycles. The molecular formula is C33H24N2. The smallest absolute Gasteiger partial charge is 0.160 e. The van der Waals surface area contributed by atoms with Crippen LogP contribution in [0.4, 0.5) is 0 Å². The molecule has 2 heteroatoms. The van der Waals surface area contributed by atoms with Gasteiger partial charge in [-0.15, -0.1) is 0 Å². The number of nitrogens with zero attached hydrogens (tertiary/aromatic N) is 2. The van der Waals surface area contributed by atoms with Crippen molar-refractivity contribution in [2.75, 3.05) is 0 Å². The van der Waals surface area contributed by atoms with E-state index in [1.807, 2.05) is 6.07 Å². The zero-order valence-electron chi connectivity index (χ0n) is 19.5. The molecule has 6 rings (SSSR count). The molecule has 0 unspecified atom stereocenters. The van der Waals surface area contributed by atoms with Gasteiger partial charge in [-0.1, -0.05) is 127 Å². The third-order valence-electron chi connectivity index (χ3n) is 6.39. The Morgan fingerprint density at radius 2 is 1.06 bits per heavy atom. The molecule has 0 aliphatic heterocycles. The fraction of sp³-hybridized carbons (Fsp3) is 0.0303. The first-order chi connectivity index (χ1) is 17.2. The number of aromatic nitrogens is 2. The van der Waals surface area contributed by atoms with Crippen LogP contribution in [0.2, 0.25) is 0 Å². The van der Waals surface area contributed by atoms with E-state index in [0.29, 0.717) is 0 Å². The highest BCUT2D eigenvalue weighted by Gasteiger charge is 2.13. The SMILES string of the molecule is Cc1ccc(-c2nc(-c3ccc(-c4ccccc4)cc3)cc(-c3cccc4ccccc34)n2)cc1. The molecule has 0 fully saturated rings. The molecule has 0 spiro atoms. The van der Waals surface area contributed by atoms with Gasteiger partial charge in [0.25, 0.3) is 0 Å². The monoisotopic (exact) mass is 448 g/mol. The Kier molecular flexibility index (Phi) is 5.40. The summed E-state index contributed by atoms with van der Waals surface area (Å²) in [6.07, 6.45) is 0. The predicted octanol–water partition coefficient (Wildman–Crippen LogP) is 8.61. The minimum atomic E-state index is 0.734. The Morgan fingerprint density at radius 3 is 1.86 bits per heavy atom. The summed E-state index contributed by atoms with van der Waals surface area (Å²) in [7, 11) is 0. The zero-order chi connectivity index (χ0) is 23.6. The average Bonchev–Trinajstić information content (AvgIpc) is 2.93. The van der Waals surface area contributed by atoms with Gasteiger partial charge in [-0.05, 0) is 34.9 Å². The van der Waals surface area contributed by atoms with Crippen LogP contribution in [0, 0.1) is 6.92 Å². The highest BCUT2D eigenvalue weighted by Crippen LogP contribution is 2.32. The van der Waals surface area contributed by atoms with Crippen molar-refractivity contribution in [1.29, 1.82) is 0 Å². The van der Waals surface area contributed by atoms with Crippen molar-refractivity contribution in [3.8, 4) is 45.0 Å².